The van der Waals surface area contributed by atoms with Crippen molar-refractivity contribution in [2.45, 2.75) is 11.8 Å². The predicted octanol–water partition coefficient (Wildman–Crippen LogP) is 4.53. The fraction of sp³-hybridized carbons (Fsp3) is 0.0526. The lowest BCUT2D eigenvalue weighted by Crippen LogP contribution is -2.11. The van der Waals surface area contributed by atoms with E-state index in [0.29, 0.717) is 0 Å². The summed E-state index contributed by atoms with van der Waals surface area (Å²) in [7, 11) is -4.00. The van der Waals surface area contributed by atoms with Gasteiger partial charge in [0.1, 0.15) is 0 Å². The molecule has 0 aromatic heterocycles. The summed E-state index contributed by atoms with van der Waals surface area (Å²) in [5, 5.41) is 5.01. The molecule has 0 fully saturated rings. The summed E-state index contributed by atoms with van der Waals surface area (Å²) in [5.41, 5.74) is -0.0399. The molecule has 27 heavy (non-hydrogen) atoms. The Morgan fingerprint density at radius 3 is 1.41 bits per heavy atom. The minimum atomic E-state index is -4.00. The molecule has 0 unspecified atom stereocenters. The van der Waals surface area contributed by atoms with Gasteiger partial charge in [0.25, 0.3) is 0 Å². The second-order valence-electron chi connectivity index (χ2n) is 5.94. The molecule has 0 spiro atoms. The second-order valence-corrected chi connectivity index (χ2v) is 7.50. The molecule has 3 rings (SSSR count). The molecule has 0 bridgehead atoms. The Balaban J connectivity index is 2.33. The molecule has 140 valence electrons. The van der Waals surface area contributed by atoms with E-state index in [9.17, 15) is 26.0 Å². The third-order valence-corrected chi connectivity index (χ3v) is 5.01. The molecule has 0 saturated carbocycles. The Bertz CT molecular complexity index is 1130. The normalized spacial score (nSPS) is 11.6. The van der Waals surface area contributed by atoms with E-state index in [2.05, 4.69) is 0 Å². The second kappa shape index (κ2) is 6.79. The van der Waals surface area contributed by atoms with Crippen molar-refractivity contribution in [2.24, 2.45) is 5.14 Å². The summed E-state index contributed by atoms with van der Waals surface area (Å²) in [4.78, 5) is -0.258. The van der Waals surface area contributed by atoms with Crippen molar-refractivity contribution in [3.63, 3.8) is 0 Å². The Morgan fingerprint density at radius 2 is 1.04 bits per heavy atom. The first-order chi connectivity index (χ1) is 12.6. The molecule has 3 nitrogen and oxygen atoms in total. The van der Waals surface area contributed by atoms with E-state index in [-0.39, 0.29) is 16.0 Å². The third kappa shape index (κ3) is 3.45. The summed E-state index contributed by atoms with van der Waals surface area (Å²) in [6.45, 7) is 1.78. The van der Waals surface area contributed by atoms with Crippen LogP contribution >= 0.6 is 0 Å². The number of sulfonamides is 1. The standard InChI is InChI=1S/C19H13F4NO2S/c1-10-2-4-11(5-3-10)14-15(17(21)19(23)18(22)16(14)20)12-6-8-13(9-7-12)27(24,25)26/h2-9H,1H3,(H2,24,25,26). The third-order valence-electron chi connectivity index (χ3n) is 4.08. The van der Waals surface area contributed by atoms with Crippen LogP contribution in [-0.2, 0) is 10.0 Å². The van der Waals surface area contributed by atoms with Crippen LogP contribution in [0.3, 0.4) is 0 Å². The first kappa shape index (κ1) is 19.1. The molecule has 0 atom stereocenters. The van der Waals surface area contributed by atoms with E-state index >= 15 is 0 Å². The number of primary sulfonamides is 1. The lowest BCUT2D eigenvalue weighted by atomic mass is 9.92. The molecule has 0 aliphatic heterocycles. The molecule has 0 saturated heterocycles. The monoisotopic (exact) mass is 395 g/mol. The quantitative estimate of drug-likeness (QED) is 0.402. The van der Waals surface area contributed by atoms with Crippen LogP contribution in [0.5, 0.6) is 0 Å². The van der Waals surface area contributed by atoms with E-state index in [1.165, 1.54) is 12.1 Å². The molecular formula is C19H13F4NO2S. The molecule has 0 amide bonds. The molecule has 8 heteroatoms. The van der Waals surface area contributed by atoms with Crippen LogP contribution in [0.4, 0.5) is 17.6 Å². The van der Waals surface area contributed by atoms with Crippen LogP contribution in [0.1, 0.15) is 5.56 Å². The highest BCUT2D eigenvalue weighted by molar-refractivity contribution is 7.89. The lowest BCUT2D eigenvalue weighted by Gasteiger charge is -2.15. The van der Waals surface area contributed by atoms with Gasteiger partial charge in [0.05, 0.1) is 4.90 Å². The summed E-state index contributed by atoms with van der Waals surface area (Å²) in [6, 6.07) is 10.6. The molecule has 3 aromatic carbocycles. The van der Waals surface area contributed by atoms with Crippen molar-refractivity contribution in [2.75, 3.05) is 0 Å². The molecule has 0 aliphatic rings. The Morgan fingerprint density at radius 1 is 0.667 bits per heavy atom. The van der Waals surface area contributed by atoms with Crippen molar-refractivity contribution in [1.29, 1.82) is 0 Å². The minimum Gasteiger partial charge on any atom is -0.225 e. The Kier molecular flexibility index (Phi) is 4.79. The summed E-state index contributed by atoms with van der Waals surface area (Å²) < 4.78 is 79.5. The maximum atomic E-state index is 14.6. The number of hydrogen-bond donors (Lipinski definition) is 1. The van der Waals surface area contributed by atoms with Gasteiger partial charge in [-0.2, -0.15) is 0 Å². The molecule has 0 aliphatic carbocycles. The number of nitrogens with two attached hydrogens (primary N) is 1. The Hall–Kier alpha value is -2.71. The fourth-order valence-electron chi connectivity index (χ4n) is 2.71. The predicted molar refractivity (Wildman–Crippen MR) is 93.3 cm³/mol. The first-order valence-corrected chi connectivity index (χ1v) is 9.22. The largest absolute Gasteiger partial charge is 0.238 e. The van der Waals surface area contributed by atoms with Crippen molar-refractivity contribution in [3.8, 4) is 22.3 Å². The van der Waals surface area contributed by atoms with Crippen molar-refractivity contribution < 1.29 is 26.0 Å². The van der Waals surface area contributed by atoms with Gasteiger partial charge in [0.2, 0.25) is 10.0 Å². The summed E-state index contributed by atoms with van der Waals surface area (Å²) in [5.74, 6) is -6.99. The van der Waals surface area contributed by atoms with Crippen LogP contribution in [-0.4, -0.2) is 8.42 Å². The minimum absolute atomic E-state index is 0.0340. The SMILES string of the molecule is Cc1ccc(-c2c(F)c(F)c(F)c(F)c2-c2ccc(S(N)(=O)=O)cc2)cc1. The van der Waals surface area contributed by atoms with Gasteiger partial charge in [-0.05, 0) is 30.2 Å². The zero-order chi connectivity index (χ0) is 19.9. The highest BCUT2D eigenvalue weighted by Crippen LogP contribution is 2.39. The van der Waals surface area contributed by atoms with Crippen molar-refractivity contribution in [3.05, 3.63) is 77.4 Å². The highest BCUT2D eigenvalue weighted by atomic mass is 32.2. The molecule has 0 heterocycles. The highest BCUT2D eigenvalue weighted by Gasteiger charge is 2.27. The van der Waals surface area contributed by atoms with Crippen LogP contribution < -0.4 is 5.14 Å². The average Bonchev–Trinajstić information content (AvgIpc) is 2.63. The lowest BCUT2D eigenvalue weighted by molar-refractivity contribution is 0.412. The molecule has 3 aromatic rings. The zero-order valence-corrected chi connectivity index (χ0v) is 14.7. The van der Waals surface area contributed by atoms with Crippen LogP contribution in [0.15, 0.2) is 53.4 Å². The summed E-state index contributed by atoms with van der Waals surface area (Å²) >= 11 is 0. The van der Waals surface area contributed by atoms with Crippen LogP contribution in [0.25, 0.3) is 22.3 Å². The van der Waals surface area contributed by atoms with E-state index in [4.69, 9.17) is 5.14 Å². The van der Waals surface area contributed by atoms with Gasteiger partial charge >= 0.3 is 0 Å². The zero-order valence-electron chi connectivity index (χ0n) is 13.9. The number of benzene rings is 3. The van der Waals surface area contributed by atoms with E-state index in [0.717, 1.165) is 29.8 Å². The van der Waals surface area contributed by atoms with E-state index < -0.39 is 44.4 Å². The number of rotatable bonds is 3. The Labute approximate surface area is 153 Å². The number of aryl methyl sites for hydroxylation is 1. The van der Waals surface area contributed by atoms with E-state index in [1.54, 1.807) is 19.1 Å². The van der Waals surface area contributed by atoms with Gasteiger partial charge in [0.15, 0.2) is 23.3 Å². The van der Waals surface area contributed by atoms with Crippen LogP contribution in [0, 0.1) is 30.2 Å². The smallest absolute Gasteiger partial charge is 0.225 e. The molecule has 2 N–H and O–H groups in total. The number of hydrogen-bond acceptors (Lipinski definition) is 2. The maximum Gasteiger partial charge on any atom is 0.238 e. The average molecular weight is 395 g/mol. The van der Waals surface area contributed by atoms with Gasteiger partial charge in [0, 0.05) is 11.1 Å². The van der Waals surface area contributed by atoms with Gasteiger partial charge in [-0.15, -0.1) is 0 Å². The topological polar surface area (TPSA) is 60.2 Å². The van der Waals surface area contributed by atoms with Gasteiger partial charge in [-0.3, -0.25) is 0 Å². The van der Waals surface area contributed by atoms with E-state index in [1.807, 2.05) is 0 Å². The van der Waals surface area contributed by atoms with Crippen molar-refractivity contribution in [1.82, 2.24) is 0 Å². The van der Waals surface area contributed by atoms with Crippen molar-refractivity contribution >= 4 is 10.0 Å². The first-order valence-electron chi connectivity index (χ1n) is 7.67. The molecule has 0 radical (unpaired) electrons. The van der Waals surface area contributed by atoms with Gasteiger partial charge in [-0.1, -0.05) is 42.0 Å². The number of halogens is 4. The fourth-order valence-corrected chi connectivity index (χ4v) is 3.22. The van der Waals surface area contributed by atoms with Gasteiger partial charge in [-0.25, -0.2) is 31.1 Å². The van der Waals surface area contributed by atoms with Gasteiger partial charge < -0.3 is 0 Å². The molecular weight excluding hydrogens is 382 g/mol. The maximum absolute atomic E-state index is 14.6. The summed E-state index contributed by atoms with van der Waals surface area (Å²) in [6.07, 6.45) is 0. The van der Waals surface area contributed by atoms with Crippen LogP contribution in [0.2, 0.25) is 0 Å².